The highest BCUT2D eigenvalue weighted by Crippen LogP contribution is 2.23. The maximum absolute atomic E-state index is 9.63. The second-order valence-electron chi connectivity index (χ2n) is 8.49. The molecule has 0 unspecified atom stereocenters. The largest absolute Gasteiger partial charge is 0.396 e. The lowest BCUT2D eigenvalue weighted by Crippen LogP contribution is -2.52. The van der Waals surface area contributed by atoms with Gasteiger partial charge in [-0.05, 0) is 52.2 Å². The van der Waals surface area contributed by atoms with Crippen molar-refractivity contribution in [3.05, 3.63) is 52.3 Å². The summed E-state index contributed by atoms with van der Waals surface area (Å²) in [5.41, 5.74) is 6.54. The van der Waals surface area contributed by atoms with Crippen LogP contribution in [-0.2, 0) is 13.1 Å². The standard InChI is InChI=1S/C23H36N4O/c1-17(2)27-20(5)23(19(4)24-27)16-25-11-12-26(22(15-25)10-13-28)14-21-9-7-6-8-18(21)3/h6-9,17,22,28H,10-16H2,1-5H3/t22-/m0/s1. The molecule has 3 rings (SSSR count). The van der Waals surface area contributed by atoms with Gasteiger partial charge in [0.2, 0.25) is 0 Å². The van der Waals surface area contributed by atoms with Crippen LogP contribution in [0.15, 0.2) is 24.3 Å². The van der Waals surface area contributed by atoms with Crippen molar-refractivity contribution in [2.45, 2.75) is 66.2 Å². The van der Waals surface area contributed by atoms with E-state index in [2.05, 4.69) is 73.4 Å². The van der Waals surface area contributed by atoms with E-state index < -0.39 is 0 Å². The van der Waals surface area contributed by atoms with Crippen LogP contribution in [0.4, 0.5) is 0 Å². The van der Waals surface area contributed by atoms with Crippen LogP contribution < -0.4 is 0 Å². The Hall–Kier alpha value is -1.69. The first-order chi connectivity index (χ1) is 13.4. The Morgan fingerprint density at radius 2 is 1.86 bits per heavy atom. The van der Waals surface area contributed by atoms with Crippen LogP contribution in [0, 0.1) is 20.8 Å². The van der Waals surface area contributed by atoms with E-state index in [9.17, 15) is 5.11 Å². The van der Waals surface area contributed by atoms with Gasteiger partial charge in [0, 0.05) is 62.7 Å². The molecular weight excluding hydrogens is 348 g/mol. The van der Waals surface area contributed by atoms with E-state index in [1.165, 1.54) is 22.4 Å². The number of rotatable bonds is 7. The Labute approximate surface area is 170 Å². The molecule has 1 aromatic heterocycles. The molecule has 1 N–H and O–H groups in total. The minimum Gasteiger partial charge on any atom is -0.396 e. The summed E-state index contributed by atoms with van der Waals surface area (Å²) in [7, 11) is 0. The molecule has 1 fully saturated rings. The number of nitrogens with zero attached hydrogens (tertiary/aromatic N) is 4. The van der Waals surface area contributed by atoms with Gasteiger partial charge in [-0.3, -0.25) is 14.5 Å². The Morgan fingerprint density at radius 1 is 1.11 bits per heavy atom. The Kier molecular flexibility index (Phi) is 6.91. The molecule has 0 aliphatic carbocycles. The minimum atomic E-state index is 0.242. The zero-order valence-electron chi connectivity index (χ0n) is 18.1. The summed E-state index contributed by atoms with van der Waals surface area (Å²) in [5.74, 6) is 0. The molecule has 0 radical (unpaired) electrons. The van der Waals surface area contributed by atoms with E-state index in [0.717, 1.165) is 44.8 Å². The van der Waals surface area contributed by atoms with Gasteiger partial charge in [0.25, 0.3) is 0 Å². The monoisotopic (exact) mass is 384 g/mol. The zero-order valence-corrected chi connectivity index (χ0v) is 18.1. The van der Waals surface area contributed by atoms with Gasteiger partial charge < -0.3 is 5.11 Å². The Balaban J connectivity index is 1.70. The first-order valence-electron chi connectivity index (χ1n) is 10.6. The normalized spacial score (nSPS) is 18.9. The number of aryl methyl sites for hydroxylation is 2. The predicted octanol–water partition coefficient (Wildman–Crippen LogP) is 3.46. The smallest absolute Gasteiger partial charge is 0.0641 e. The van der Waals surface area contributed by atoms with Crippen molar-refractivity contribution in [3.8, 4) is 0 Å². The summed E-state index contributed by atoms with van der Waals surface area (Å²) in [6.07, 6.45) is 0.825. The third kappa shape index (κ3) is 4.65. The molecule has 2 aromatic rings. The topological polar surface area (TPSA) is 44.5 Å². The highest BCUT2D eigenvalue weighted by molar-refractivity contribution is 5.26. The average molecular weight is 385 g/mol. The van der Waals surface area contributed by atoms with Crippen molar-refractivity contribution in [1.82, 2.24) is 19.6 Å². The van der Waals surface area contributed by atoms with Crippen LogP contribution >= 0.6 is 0 Å². The lowest BCUT2D eigenvalue weighted by molar-refractivity contribution is 0.0497. The van der Waals surface area contributed by atoms with Crippen LogP contribution in [0.2, 0.25) is 0 Å². The van der Waals surface area contributed by atoms with Gasteiger partial charge in [0.15, 0.2) is 0 Å². The van der Waals surface area contributed by atoms with Gasteiger partial charge in [0.1, 0.15) is 0 Å². The predicted molar refractivity (Wildman–Crippen MR) is 114 cm³/mol. The van der Waals surface area contributed by atoms with Gasteiger partial charge in [-0.25, -0.2) is 0 Å². The molecular formula is C23H36N4O. The molecule has 5 heteroatoms. The molecule has 0 spiro atoms. The number of hydrogen-bond donors (Lipinski definition) is 1. The lowest BCUT2D eigenvalue weighted by atomic mass is 10.0. The maximum Gasteiger partial charge on any atom is 0.0641 e. The number of aliphatic hydroxyl groups is 1. The SMILES string of the molecule is Cc1ccccc1CN1CCN(Cc2c(C)nn(C(C)C)c2C)C[C@@H]1CCO. The summed E-state index contributed by atoms with van der Waals surface area (Å²) in [5, 5.41) is 14.4. The molecule has 1 aliphatic rings. The fourth-order valence-corrected chi connectivity index (χ4v) is 4.39. The molecule has 28 heavy (non-hydrogen) atoms. The summed E-state index contributed by atoms with van der Waals surface area (Å²) in [6.45, 7) is 16.1. The summed E-state index contributed by atoms with van der Waals surface area (Å²) < 4.78 is 2.14. The zero-order chi connectivity index (χ0) is 20.3. The molecule has 1 aliphatic heterocycles. The third-order valence-electron chi connectivity index (χ3n) is 6.13. The molecule has 0 bridgehead atoms. The maximum atomic E-state index is 9.63. The van der Waals surface area contributed by atoms with E-state index in [0.29, 0.717) is 12.1 Å². The highest BCUT2D eigenvalue weighted by atomic mass is 16.3. The van der Waals surface area contributed by atoms with Gasteiger partial charge in [0.05, 0.1) is 5.69 Å². The van der Waals surface area contributed by atoms with Crippen LogP contribution in [0.3, 0.4) is 0 Å². The van der Waals surface area contributed by atoms with Crippen molar-refractivity contribution >= 4 is 0 Å². The van der Waals surface area contributed by atoms with Crippen molar-refractivity contribution < 1.29 is 5.11 Å². The van der Waals surface area contributed by atoms with Gasteiger partial charge in [-0.15, -0.1) is 0 Å². The fourth-order valence-electron chi connectivity index (χ4n) is 4.39. The number of benzene rings is 1. The number of piperazine rings is 1. The molecule has 5 nitrogen and oxygen atoms in total. The van der Waals surface area contributed by atoms with Crippen LogP contribution in [-0.4, -0.2) is 57.0 Å². The molecule has 154 valence electrons. The summed E-state index contributed by atoms with van der Waals surface area (Å²) >= 11 is 0. The van der Waals surface area contributed by atoms with E-state index in [-0.39, 0.29) is 6.61 Å². The quantitative estimate of drug-likeness (QED) is 0.794. The van der Waals surface area contributed by atoms with E-state index in [1.54, 1.807) is 0 Å². The van der Waals surface area contributed by atoms with E-state index in [4.69, 9.17) is 5.10 Å². The summed E-state index contributed by atoms with van der Waals surface area (Å²) in [6, 6.07) is 9.41. The van der Waals surface area contributed by atoms with Crippen molar-refractivity contribution in [2.75, 3.05) is 26.2 Å². The molecule has 0 saturated carbocycles. The Morgan fingerprint density at radius 3 is 2.50 bits per heavy atom. The number of hydrogen-bond acceptors (Lipinski definition) is 4. The molecule has 2 heterocycles. The second kappa shape index (κ2) is 9.21. The fraction of sp³-hybridized carbons (Fsp3) is 0.609. The molecule has 1 atom stereocenters. The van der Waals surface area contributed by atoms with Crippen LogP contribution in [0.5, 0.6) is 0 Å². The van der Waals surface area contributed by atoms with E-state index >= 15 is 0 Å². The third-order valence-corrected chi connectivity index (χ3v) is 6.13. The molecule has 1 saturated heterocycles. The first-order valence-corrected chi connectivity index (χ1v) is 10.6. The van der Waals surface area contributed by atoms with Gasteiger partial charge >= 0.3 is 0 Å². The second-order valence-corrected chi connectivity index (χ2v) is 8.49. The molecule has 0 amide bonds. The first kappa shape index (κ1) is 21.0. The highest BCUT2D eigenvalue weighted by Gasteiger charge is 2.28. The van der Waals surface area contributed by atoms with Crippen molar-refractivity contribution in [2.24, 2.45) is 0 Å². The van der Waals surface area contributed by atoms with Crippen molar-refractivity contribution in [3.63, 3.8) is 0 Å². The van der Waals surface area contributed by atoms with Crippen molar-refractivity contribution in [1.29, 1.82) is 0 Å². The lowest BCUT2D eigenvalue weighted by Gasteiger charge is -2.41. The minimum absolute atomic E-state index is 0.242. The number of aromatic nitrogens is 2. The van der Waals surface area contributed by atoms with E-state index in [1.807, 2.05) is 0 Å². The number of aliphatic hydroxyl groups excluding tert-OH is 1. The average Bonchev–Trinajstić information content (AvgIpc) is 2.94. The van der Waals surface area contributed by atoms with Gasteiger partial charge in [-0.1, -0.05) is 24.3 Å². The van der Waals surface area contributed by atoms with Gasteiger partial charge in [-0.2, -0.15) is 5.10 Å². The van der Waals surface area contributed by atoms with Crippen LogP contribution in [0.25, 0.3) is 0 Å². The summed E-state index contributed by atoms with van der Waals surface area (Å²) in [4.78, 5) is 5.09. The Bertz CT molecular complexity index is 783. The molecule has 1 aromatic carbocycles. The van der Waals surface area contributed by atoms with Crippen LogP contribution in [0.1, 0.15) is 54.4 Å².